The van der Waals surface area contributed by atoms with Gasteiger partial charge in [0.1, 0.15) is 5.78 Å². The van der Waals surface area contributed by atoms with E-state index in [0.717, 1.165) is 25.0 Å². The molecule has 0 amide bonds. The van der Waals surface area contributed by atoms with E-state index in [1.165, 1.54) is 6.42 Å². The smallest absolute Gasteiger partial charge is 0.134 e. The highest BCUT2D eigenvalue weighted by atomic mass is 32.2. The predicted octanol–water partition coefficient (Wildman–Crippen LogP) is 2.18. The van der Waals surface area contributed by atoms with Crippen LogP contribution in [0.25, 0.3) is 0 Å². The minimum Gasteiger partial charge on any atom is -0.300 e. The third kappa shape index (κ3) is 3.28. The molecule has 0 bridgehead atoms. The average molecular weight is 215 g/mol. The van der Waals surface area contributed by atoms with Crippen LogP contribution in [0.3, 0.4) is 0 Å². The van der Waals surface area contributed by atoms with E-state index in [9.17, 15) is 4.79 Å². The van der Waals surface area contributed by atoms with Crippen molar-refractivity contribution in [3.8, 4) is 0 Å². The third-order valence-electron chi connectivity index (χ3n) is 3.14. The molecule has 2 unspecified atom stereocenters. The summed E-state index contributed by atoms with van der Waals surface area (Å²) in [6, 6.07) is 1.08. The average Bonchev–Trinajstić information content (AvgIpc) is 2.17. The Morgan fingerprint density at radius 3 is 2.93 bits per heavy atom. The van der Waals surface area contributed by atoms with Gasteiger partial charge in [0.15, 0.2) is 0 Å². The molecule has 0 spiro atoms. The first-order chi connectivity index (χ1) is 6.65. The molecular formula is C11H21NOS. The Morgan fingerprint density at radius 2 is 2.36 bits per heavy atom. The normalized spacial score (nSPS) is 25.4. The standard InChI is InChI=1S/C11H21NOS/c1-9(8-14-3)12(2)10-5-4-6-11(13)7-10/h9-10H,4-8H2,1-3H3. The first-order valence-electron chi connectivity index (χ1n) is 5.37. The molecule has 0 N–H and O–H groups in total. The van der Waals surface area contributed by atoms with Gasteiger partial charge in [0.2, 0.25) is 0 Å². The molecule has 2 nitrogen and oxygen atoms in total. The summed E-state index contributed by atoms with van der Waals surface area (Å²) in [5.74, 6) is 1.60. The van der Waals surface area contributed by atoms with Crippen molar-refractivity contribution >= 4 is 17.5 Å². The fourth-order valence-electron chi connectivity index (χ4n) is 2.07. The highest BCUT2D eigenvalue weighted by molar-refractivity contribution is 7.98. The lowest BCUT2D eigenvalue weighted by Crippen LogP contribution is -2.42. The van der Waals surface area contributed by atoms with Gasteiger partial charge in [-0.05, 0) is 33.1 Å². The summed E-state index contributed by atoms with van der Waals surface area (Å²) >= 11 is 1.88. The van der Waals surface area contributed by atoms with Crippen LogP contribution in [0.4, 0.5) is 0 Å². The summed E-state index contributed by atoms with van der Waals surface area (Å²) in [6.45, 7) is 2.25. The lowest BCUT2D eigenvalue weighted by molar-refractivity contribution is -0.122. The zero-order valence-corrected chi connectivity index (χ0v) is 10.3. The van der Waals surface area contributed by atoms with E-state index in [4.69, 9.17) is 0 Å². The Balaban J connectivity index is 2.42. The van der Waals surface area contributed by atoms with Gasteiger partial charge in [-0.3, -0.25) is 9.69 Å². The molecule has 14 heavy (non-hydrogen) atoms. The molecular weight excluding hydrogens is 194 g/mol. The van der Waals surface area contributed by atoms with Crippen molar-refractivity contribution in [2.24, 2.45) is 0 Å². The molecule has 2 atom stereocenters. The van der Waals surface area contributed by atoms with E-state index >= 15 is 0 Å². The van der Waals surface area contributed by atoms with Gasteiger partial charge in [0, 0.05) is 30.7 Å². The number of nitrogens with zero attached hydrogens (tertiary/aromatic N) is 1. The van der Waals surface area contributed by atoms with Crippen molar-refractivity contribution in [1.29, 1.82) is 0 Å². The third-order valence-corrected chi connectivity index (χ3v) is 3.95. The molecule has 82 valence electrons. The quantitative estimate of drug-likeness (QED) is 0.717. The highest BCUT2D eigenvalue weighted by Crippen LogP contribution is 2.21. The van der Waals surface area contributed by atoms with E-state index in [2.05, 4.69) is 25.1 Å². The lowest BCUT2D eigenvalue weighted by atomic mass is 9.93. The molecule has 1 aliphatic rings. The molecule has 1 saturated carbocycles. The molecule has 0 aromatic rings. The minimum absolute atomic E-state index is 0.449. The molecule has 1 fully saturated rings. The molecule has 3 heteroatoms. The first-order valence-corrected chi connectivity index (χ1v) is 6.77. The van der Waals surface area contributed by atoms with Gasteiger partial charge in [0.25, 0.3) is 0 Å². The van der Waals surface area contributed by atoms with Gasteiger partial charge in [-0.15, -0.1) is 0 Å². The van der Waals surface area contributed by atoms with Crippen LogP contribution in [0.15, 0.2) is 0 Å². The van der Waals surface area contributed by atoms with Gasteiger partial charge in [-0.25, -0.2) is 0 Å². The van der Waals surface area contributed by atoms with Crippen LogP contribution in [0, 0.1) is 0 Å². The molecule has 0 aliphatic heterocycles. The monoisotopic (exact) mass is 215 g/mol. The molecule has 0 heterocycles. The van der Waals surface area contributed by atoms with Gasteiger partial charge in [-0.1, -0.05) is 0 Å². The molecule has 0 aromatic heterocycles. The number of hydrogen-bond donors (Lipinski definition) is 0. The number of rotatable bonds is 4. The van der Waals surface area contributed by atoms with Crippen LogP contribution in [-0.4, -0.2) is 41.8 Å². The zero-order valence-electron chi connectivity index (χ0n) is 9.45. The number of thioether (sulfide) groups is 1. The largest absolute Gasteiger partial charge is 0.300 e. The number of hydrogen-bond acceptors (Lipinski definition) is 3. The van der Waals surface area contributed by atoms with E-state index in [1.54, 1.807) is 0 Å². The predicted molar refractivity (Wildman–Crippen MR) is 62.9 cm³/mol. The Hall–Kier alpha value is -0.0200. The summed E-state index contributed by atoms with van der Waals surface area (Å²) in [5, 5.41) is 0. The van der Waals surface area contributed by atoms with Gasteiger partial charge in [0.05, 0.1) is 0 Å². The molecule has 0 saturated heterocycles. The van der Waals surface area contributed by atoms with Gasteiger partial charge in [-0.2, -0.15) is 11.8 Å². The van der Waals surface area contributed by atoms with Crippen molar-refractivity contribution in [3.05, 3.63) is 0 Å². The Labute approximate surface area is 91.4 Å². The summed E-state index contributed by atoms with van der Waals surface area (Å²) in [4.78, 5) is 13.7. The fraction of sp³-hybridized carbons (Fsp3) is 0.909. The van der Waals surface area contributed by atoms with Gasteiger partial charge < -0.3 is 0 Å². The van der Waals surface area contributed by atoms with E-state index < -0.39 is 0 Å². The van der Waals surface area contributed by atoms with E-state index in [1.807, 2.05) is 11.8 Å². The van der Waals surface area contributed by atoms with Crippen molar-refractivity contribution in [3.63, 3.8) is 0 Å². The number of Topliss-reactive ketones (excluding diaryl/α,β-unsaturated/α-hetero) is 1. The number of ketones is 1. The maximum absolute atomic E-state index is 11.3. The maximum Gasteiger partial charge on any atom is 0.134 e. The summed E-state index contributed by atoms with van der Waals surface area (Å²) in [5.41, 5.74) is 0. The lowest BCUT2D eigenvalue weighted by Gasteiger charge is -2.34. The second-order valence-corrected chi connectivity index (χ2v) is 5.17. The van der Waals surface area contributed by atoms with Crippen LogP contribution < -0.4 is 0 Å². The minimum atomic E-state index is 0.449. The van der Waals surface area contributed by atoms with Crippen molar-refractivity contribution in [2.75, 3.05) is 19.1 Å². The Kier molecular flexibility index (Phi) is 4.96. The highest BCUT2D eigenvalue weighted by Gasteiger charge is 2.25. The summed E-state index contributed by atoms with van der Waals surface area (Å²) in [6.07, 6.45) is 5.99. The second kappa shape index (κ2) is 5.76. The molecule has 1 aliphatic carbocycles. The first kappa shape index (κ1) is 12.1. The van der Waals surface area contributed by atoms with Crippen LogP contribution >= 0.6 is 11.8 Å². The molecule has 0 aromatic carbocycles. The van der Waals surface area contributed by atoms with Crippen LogP contribution in [0.5, 0.6) is 0 Å². The van der Waals surface area contributed by atoms with Crippen LogP contribution in [0.1, 0.15) is 32.6 Å². The topological polar surface area (TPSA) is 20.3 Å². The van der Waals surface area contributed by atoms with Crippen molar-refractivity contribution in [2.45, 2.75) is 44.7 Å². The number of carbonyl (C=O) groups excluding carboxylic acids is 1. The summed E-state index contributed by atoms with van der Waals surface area (Å²) in [7, 11) is 2.16. The van der Waals surface area contributed by atoms with Crippen LogP contribution in [-0.2, 0) is 4.79 Å². The number of carbonyl (C=O) groups is 1. The van der Waals surface area contributed by atoms with Gasteiger partial charge >= 0.3 is 0 Å². The molecule has 0 radical (unpaired) electrons. The second-order valence-electron chi connectivity index (χ2n) is 4.26. The Morgan fingerprint density at radius 1 is 1.64 bits per heavy atom. The zero-order chi connectivity index (χ0) is 10.6. The SMILES string of the molecule is CSCC(C)N(C)C1CCCC(=O)C1. The van der Waals surface area contributed by atoms with Crippen molar-refractivity contribution in [1.82, 2.24) is 4.90 Å². The fourth-order valence-corrected chi connectivity index (χ4v) is 2.79. The molecule has 1 rings (SSSR count). The summed E-state index contributed by atoms with van der Waals surface area (Å²) < 4.78 is 0. The van der Waals surface area contributed by atoms with E-state index in [-0.39, 0.29) is 0 Å². The maximum atomic E-state index is 11.3. The van der Waals surface area contributed by atoms with E-state index in [0.29, 0.717) is 17.9 Å². The Bertz CT molecular complexity index is 196. The van der Waals surface area contributed by atoms with Crippen molar-refractivity contribution < 1.29 is 4.79 Å². The van der Waals surface area contributed by atoms with Crippen LogP contribution in [0.2, 0.25) is 0 Å².